The number of hydrogen-bond acceptors (Lipinski definition) is 24. The Morgan fingerprint density at radius 1 is 0.833 bits per heavy atom. The van der Waals surface area contributed by atoms with Gasteiger partial charge in [0.25, 0.3) is 18.2 Å². The SMILES string of the molecule is CCCCCOc1cccc(-c2nn3cc(-c4ccc(C(=O)N[C@H]5CC(O)CNC(=O)C6C(O)C(C)CN6C(=O)C(C(O)CC(N)=O)NC(=O)C(C(O)Cc6ccc(O)c(OSOOO)c6)NC(=O)C6CC(O)CN6C(=O)C(C(C)O)NC5=O)cc4)nc3s2)c1. The number of nitrogens with one attached hydrogen (secondary N) is 5. The van der Waals surface area contributed by atoms with E-state index in [9.17, 15) is 74.1 Å². The van der Waals surface area contributed by atoms with Crippen LogP contribution >= 0.6 is 23.7 Å². The number of nitrogens with zero attached hydrogens (tertiary/aromatic N) is 5. The van der Waals surface area contributed by atoms with E-state index in [1.165, 1.54) is 36.5 Å². The fraction of sp³-hybridized carbons (Fsp3) is 0.474. The molecule has 8 rings (SSSR count). The van der Waals surface area contributed by atoms with Gasteiger partial charge >= 0.3 is 0 Å². The number of carbonyl (C=O) groups is 8. The van der Waals surface area contributed by atoms with Crippen LogP contribution in [0.1, 0.15) is 75.2 Å². The number of aromatic hydroxyl groups is 1. The molecule has 3 aliphatic heterocycles. The summed E-state index contributed by atoms with van der Waals surface area (Å²) in [5.41, 5.74) is 7.44. The van der Waals surface area contributed by atoms with E-state index >= 15 is 0 Å². The average Bonchev–Trinajstić information content (AvgIpc) is 2.01. The number of fused-ring (bicyclic) bond motifs is 3. The van der Waals surface area contributed by atoms with Crippen molar-refractivity contribution in [3.05, 3.63) is 84.1 Å². The summed E-state index contributed by atoms with van der Waals surface area (Å²) < 4.78 is 16.9. The molecule has 8 amide bonds. The van der Waals surface area contributed by atoms with Crippen LogP contribution in [0.5, 0.6) is 17.2 Å². The fourth-order valence-electron chi connectivity index (χ4n) is 10.7. The predicted octanol–water partition coefficient (Wildman–Crippen LogP) is -1.41. The maximum atomic E-state index is 14.7. The van der Waals surface area contributed by atoms with Crippen molar-refractivity contribution >= 4 is 75.9 Å². The lowest BCUT2D eigenvalue weighted by Crippen LogP contribution is -2.64. The second kappa shape index (κ2) is 30.6. The summed E-state index contributed by atoms with van der Waals surface area (Å²) in [5.74, 6) is -10.4. The molecule has 5 heterocycles. The number of aliphatic hydroxyl groups excluding tert-OH is 6. The van der Waals surface area contributed by atoms with E-state index in [1.807, 2.05) is 24.3 Å². The molecule has 13 atom stereocenters. The second-order valence-corrected chi connectivity index (χ2v) is 23.6. The van der Waals surface area contributed by atoms with Crippen molar-refractivity contribution in [1.29, 1.82) is 0 Å². The molecule has 0 spiro atoms. The second-order valence-electron chi connectivity index (χ2n) is 22.2. The number of β-amino-alcohol motifs (C(OH)–C–C–N with tert-alkyl or cyclic N) is 1. The van der Waals surface area contributed by atoms with E-state index in [0.717, 1.165) is 59.4 Å². The number of benzene rings is 3. The first-order valence-electron chi connectivity index (χ1n) is 28.8. The van der Waals surface area contributed by atoms with Crippen LogP contribution in [-0.2, 0) is 49.4 Å². The highest BCUT2D eigenvalue weighted by Crippen LogP contribution is 2.33. The number of ether oxygens (including phenoxy) is 1. The minimum Gasteiger partial charge on any atom is -0.504 e. The summed E-state index contributed by atoms with van der Waals surface area (Å²) in [5, 5.41) is 108. The molecule has 15 N–H and O–H groups in total. The van der Waals surface area contributed by atoms with Crippen LogP contribution in [0, 0.1) is 5.92 Å². The minimum absolute atomic E-state index is 0.00329. The molecule has 33 heteroatoms. The standard InChI is InChI=1S/C57H71N11O20S2/c1-4-5-6-16-85-35-9-7-8-32(19-35)54-65-68-26-37(61-57(68)89-54)30-11-13-31(14-12-30)49(77)60-36-20-33(70)23-59-53(81)47-48(76)27(2)24-67(47)56(83)46(41(74)22-43(58)75)64-52(80)45(40(73)17-29-10-15-39(72)42(18-29)86-90-88-87-84)63-51(79)38-21-34(71)25-66(38)55(82)44(28(3)69)62-50(36)78/h7-15,18-19,26-28,33-34,36,38,40-41,44-48,69-74,76,84H,4-6,16-17,20-25H2,1-3H3,(H2,58,75)(H,59,81)(H,60,77)(H,62,78)(H,63,79)(H,64,80)/t27?,28?,33?,34?,36-,38?,40?,41?,44?,45?,46?,47?,48?/m0/s1. The summed E-state index contributed by atoms with van der Waals surface area (Å²) in [6.07, 6.45) is -8.85. The fourth-order valence-corrected chi connectivity index (χ4v) is 11.8. The van der Waals surface area contributed by atoms with E-state index in [0.29, 0.717) is 27.8 Å². The van der Waals surface area contributed by atoms with Gasteiger partial charge in [0.05, 0.1) is 61.5 Å². The minimum atomic E-state index is -2.22. The third-order valence-electron chi connectivity index (χ3n) is 15.4. The van der Waals surface area contributed by atoms with Crippen LogP contribution in [0.25, 0.3) is 26.8 Å². The summed E-state index contributed by atoms with van der Waals surface area (Å²) in [6, 6.07) is 5.49. The lowest BCUT2D eigenvalue weighted by molar-refractivity contribution is -0.433. The number of hydrogen-bond donors (Lipinski definition) is 14. The van der Waals surface area contributed by atoms with Crippen molar-refractivity contribution in [3.8, 4) is 39.1 Å². The molecule has 0 bridgehead atoms. The van der Waals surface area contributed by atoms with Crippen LogP contribution in [0.4, 0.5) is 0 Å². The molecule has 0 radical (unpaired) electrons. The van der Waals surface area contributed by atoms with Crippen LogP contribution in [0.2, 0.25) is 0 Å². The van der Waals surface area contributed by atoms with E-state index in [1.54, 1.807) is 22.8 Å². The first kappa shape index (κ1) is 67.8. The van der Waals surface area contributed by atoms with Crippen molar-refractivity contribution in [2.24, 2.45) is 11.7 Å². The first-order chi connectivity index (χ1) is 42.9. The maximum absolute atomic E-state index is 14.7. The van der Waals surface area contributed by atoms with Crippen molar-refractivity contribution in [1.82, 2.24) is 51.0 Å². The number of phenols is 1. The van der Waals surface area contributed by atoms with Crippen molar-refractivity contribution in [2.45, 2.75) is 139 Å². The smallest absolute Gasteiger partial charge is 0.261 e. The monoisotopic (exact) mass is 1290 g/mol. The number of carbonyl (C=O) groups excluding carboxylic acids is 8. The lowest BCUT2D eigenvalue weighted by atomic mass is 9.98. The Labute approximate surface area is 522 Å². The Morgan fingerprint density at radius 3 is 2.26 bits per heavy atom. The molecule has 5 aromatic rings. The molecule has 486 valence electrons. The molecule has 0 aliphatic carbocycles. The lowest BCUT2D eigenvalue weighted by Gasteiger charge is -2.33. The van der Waals surface area contributed by atoms with E-state index in [-0.39, 0.29) is 29.2 Å². The van der Waals surface area contributed by atoms with Gasteiger partial charge in [0, 0.05) is 61.5 Å². The summed E-state index contributed by atoms with van der Waals surface area (Å²) >= 11 is 1.41. The van der Waals surface area contributed by atoms with Gasteiger partial charge in [-0.1, -0.05) is 77.7 Å². The highest BCUT2D eigenvalue weighted by Gasteiger charge is 2.50. The van der Waals surface area contributed by atoms with Gasteiger partial charge < -0.3 is 86.8 Å². The quantitative estimate of drug-likeness (QED) is 0.0184. The number of primary amides is 1. The van der Waals surface area contributed by atoms with Gasteiger partial charge in [-0.05, 0) is 55.3 Å². The Bertz CT molecular complexity index is 3360. The van der Waals surface area contributed by atoms with Gasteiger partial charge in [0.15, 0.2) is 11.5 Å². The topological polar surface area (TPSA) is 458 Å². The Balaban J connectivity index is 1.08. The molecule has 0 saturated carbocycles. The molecule has 3 saturated heterocycles. The molecule has 3 aliphatic rings. The molecule has 90 heavy (non-hydrogen) atoms. The molecular formula is C57H71N11O20S2. The third kappa shape index (κ3) is 16.6. The maximum Gasteiger partial charge on any atom is 0.261 e. The number of rotatable bonds is 20. The van der Waals surface area contributed by atoms with Crippen LogP contribution in [0.15, 0.2) is 72.9 Å². The number of aliphatic hydroxyl groups is 6. The third-order valence-corrected chi connectivity index (χ3v) is 16.7. The summed E-state index contributed by atoms with van der Waals surface area (Å²) in [4.78, 5) is 120. The van der Waals surface area contributed by atoms with E-state index in [2.05, 4.69) is 42.9 Å². The van der Waals surface area contributed by atoms with E-state index in [4.69, 9.17) is 30.0 Å². The van der Waals surface area contributed by atoms with Gasteiger partial charge in [0.1, 0.15) is 47.0 Å². The largest absolute Gasteiger partial charge is 0.504 e. The zero-order valence-electron chi connectivity index (χ0n) is 48.8. The summed E-state index contributed by atoms with van der Waals surface area (Å²) in [7, 11) is 0. The van der Waals surface area contributed by atoms with Crippen molar-refractivity contribution in [2.75, 3.05) is 26.2 Å². The predicted molar refractivity (Wildman–Crippen MR) is 317 cm³/mol. The average molecular weight is 1290 g/mol. The number of aromatic nitrogens is 3. The van der Waals surface area contributed by atoms with Crippen molar-refractivity contribution < 1.29 is 97.7 Å². The number of amides is 8. The number of nitrogens with two attached hydrogens (primary N) is 1. The van der Waals surface area contributed by atoms with Crippen molar-refractivity contribution in [3.63, 3.8) is 0 Å². The highest BCUT2D eigenvalue weighted by atomic mass is 32.2. The van der Waals surface area contributed by atoms with Gasteiger partial charge in [-0.3, -0.25) is 38.4 Å². The van der Waals surface area contributed by atoms with Gasteiger partial charge in [0.2, 0.25) is 46.3 Å². The number of phenolic OH excluding ortho intramolecular Hbond substituents is 1. The van der Waals surface area contributed by atoms with Crippen LogP contribution in [-0.4, -0.2) is 212 Å². The number of imidazole rings is 1. The molecule has 3 fully saturated rings. The zero-order valence-corrected chi connectivity index (χ0v) is 50.5. The Morgan fingerprint density at radius 2 is 1.56 bits per heavy atom. The summed E-state index contributed by atoms with van der Waals surface area (Å²) in [6.45, 7) is 3.57. The Hall–Kier alpha value is -8.09. The molecule has 2 aromatic heterocycles. The van der Waals surface area contributed by atoms with Gasteiger partial charge in [-0.25, -0.2) is 14.8 Å². The zero-order chi connectivity index (χ0) is 65.1. The Kier molecular flexibility index (Phi) is 23.1. The van der Waals surface area contributed by atoms with Gasteiger partial charge in [-0.15, -0.1) is 0 Å². The normalized spacial score (nSPS) is 25.0. The molecular weight excluding hydrogens is 1220 g/mol. The van der Waals surface area contributed by atoms with Crippen LogP contribution in [0.3, 0.4) is 0 Å². The molecule has 3 aromatic carbocycles. The molecule has 12 unspecified atom stereocenters. The number of unbranched alkanes of at least 4 members (excludes halogenated alkanes) is 2. The molecule has 31 nitrogen and oxygen atoms in total. The first-order valence-corrected chi connectivity index (χ1v) is 30.2. The van der Waals surface area contributed by atoms with Gasteiger partial charge in [-0.2, -0.15) is 5.10 Å². The van der Waals surface area contributed by atoms with E-state index < -0.39 is 177 Å². The van der Waals surface area contributed by atoms with Crippen LogP contribution < -0.4 is 41.2 Å². The highest BCUT2D eigenvalue weighted by molar-refractivity contribution is 7.90.